The zero-order valence-corrected chi connectivity index (χ0v) is 15.5. The van der Waals surface area contributed by atoms with Gasteiger partial charge in [0.25, 0.3) is 0 Å². The molecule has 0 spiro atoms. The van der Waals surface area contributed by atoms with Gasteiger partial charge in [-0.1, -0.05) is 30.3 Å². The fourth-order valence-corrected chi connectivity index (χ4v) is 3.30. The molecule has 1 aliphatic rings. The topological polar surface area (TPSA) is 80.3 Å². The number of rotatable bonds is 6. The second-order valence-electron chi connectivity index (χ2n) is 6.76. The summed E-state index contributed by atoms with van der Waals surface area (Å²) in [5, 5.41) is 6.27. The maximum absolute atomic E-state index is 12.7. The molecule has 6 heteroatoms. The summed E-state index contributed by atoms with van der Waals surface area (Å²) in [6.07, 6.45) is 5.37. The first-order valence-corrected chi connectivity index (χ1v) is 9.25. The highest BCUT2D eigenvalue weighted by Gasteiger charge is 2.26. The Balaban J connectivity index is 1.82. The third kappa shape index (κ3) is 5.14. The molecule has 0 saturated carbocycles. The van der Waals surface area contributed by atoms with Crippen LogP contribution in [0.3, 0.4) is 0 Å². The Labute approximate surface area is 159 Å². The predicted octanol–water partition coefficient (Wildman–Crippen LogP) is 2.47. The zero-order valence-electron chi connectivity index (χ0n) is 15.5. The molecule has 0 aliphatic carbocycles. The van der Waals surface area contributed by atoms with E-state index in [1.165, 1.54) is 7.11 Å². The molecule has 3 rings (SSSR count). The van der Waals surface area contributed by atoms with Crippen molar-refractivity contribution >= 4 is 11.9 Å². The van der Waals surface area contributed by atoms with Crippen molar-refractivity contribution in [3.63, 3.8) is 0 Å². The van der Waals surface area contributed by atoms with Gasteiger partial charge in [-0.15, -0.1) is 0 Å². The lowest BCUT2D eigenvalue weighted by Gasteiger charge is -2.25. The molecular weight excluding hydrogens is 342 g/mol. The van der Waals surface area contributed by atoms with Gasteiger partial charge in [0.2, 0.25) is 5.91 Å². The van der Waals surface area contributed by atoms with Gasteiger partial charge in [-0.2, -0.15) is 0 Å². The second-order valence-corrected chi connectivity index (χ2v) is 6.76. The minimum Gasteiger partial charge on any atom is -0.469 e. The molecular formula is C21H25N3O3. The lowest BCUT2D eigenvalue weighted by atomic mass is 9.96. The Morgan fingerprint density at radius 3 is 2.78 bits per heavy atom. The quantitative estimate of drug-likeness (QED) is 0.767. The summed E-state index contributed by atoms with van der Waals surface area (Å²) in [6.45, 7) is 1.61. The van der Waals surface area contributed by atoms with Crippen LogP contribution in [-0.4, -0.2) is 37.1 Å². The van der Waals surface area contributed by atoms with Crippen molar-refractivity contribution in [1.29, 1.82) is 0 Å². The molecule has 1 aromatic heterocycles. The van der Waals surface area contributed by atoms with Crippen molar-refractivity contribution in [2.75, 3.05) is 20.2 Å². The fourth-order valence-electron chi connectivity index (χ4n) is 3.30. The molecule has 2 aromatic rings. The van der Waals surface area contributed by atoms with Crippen molar-refractivity contribution in [2.24, 2.45) is 5.92 Å². The molecule has 1 saturated heterocycles. The summed E-state index contributed by atoms with van der Waals surface area (Å²) in [4.78, 5) is 28.9. The molecule has 2 atom stereocenters. The highest BCUT2D eigenvalue weighted by atomic mass is 16.5. The largest absolute Gasteiger partial charge is 0.469 e. The molecule has 27 heavy (non-hydrogen) atoms. The number of nitrogens with zero attached hydrogens (tertiary/aromatic N) is 1. The minimum absolute atomic E-state index is 0.0405. The van der Waals surface area contributed by atoms with E-state index >= 15 is 0 Å². The summed E-state index contributed by atoms with van der Waals surface area (Å²) in [6, 6.07) is 11.4. The van der Waals surface area contributed by atoms with E-state index in [-0.39, 0.29) is 24.2 Å². The number of amides is 1. The van der Waals surface area contributed by atoms with Gasteiger partial charge >= 0.3 is 5.97 Å². The summed E-state index contributed by atoms with van der Waals surface area (Å²) >= 11 is 0. The van der Waals surface area contributed by atoms with E-state index in [9.17, 15) is 9.59 Å². The van der Waals surface area contributed by atoms with Crippen LogP contribution in [0.4, 0.5) is 0 Å². The first-order chi connectivity index (χ1) is 13.2. The lowest BCUT2D eigenvalue weighted by Crippen LogP contribution is -2.42. The molecule has 0 unspecified atom stereocenters. The van der Waals surface area contributed by atoms with E-state index in [1.807, 2.05) is 36.4 Å². The van der Waals surface area contributed by atoms with Crippen molar-refractivity contribution in [3.05, 3.63) is 54.4 Å². The van der Waals surface area contributed by atoms with Crippen LogP contribution in [0, 0.1) is 5.92 Å². The molecule has 142 valence electrons. The second kappa shape index (κ2) is 9.28. The number of esters is 1. The highest BCUT2D eigenvalue weighted by molar-refractivity contribution is 5.80. The standard InChI is InChI=1S/C21H25N3O3/c1-27-20(25)11-19(24-21(26)16-8-5-9-22-12-16)18-10-17(13-23-14-18)15-6-3-2-4-7-15/h2-4,6-7,10,13-14,16,19,22H,5,8-9,11-12H2,1H3,(H,24,26)/t16-,19+/m1/s1. The molecule has 6 nitrogen and oxygen atoms in total. The van der Waals surface area contributed by atoms with Crippen molar-refractivity contribution in [1.82, 2.24) is 15.6 Å². The minimum atomic E-state index is -0.469. The Hall–Kier alpha value is -2.73. The molecule has 0 radical (unpaired) electrons. The van der Waals surface area contributed by atoms with Gasteiger partial charge in [-0.3, -0.25) is 14.6 Å². The summed E-state index contributed by atoms with van der Waals surface area (Å²) in [5.74, 6) is -0.488. The molecule has 2 heterocycles. The van der Waals surface area contributed by atoms with Gasteiger partial charge in [-0.05, 0) is 36.6 Å². The summed E-state index contributed by atoms with van der Waals surface area (Å²) in [5.41, 5.74) is 2.77. The van der Waals surface area contributed by atoms with E-state index in [1.54, 1.807) is 12.4 Å². The van der Waals surface area contributed by atoms with Crippen LogP contribution in [0.2, 0.25) is 0 Å². The molecule has 1 aromatic carbocycles. The van der Waals surface area contributed by atoms with Crippen molar-refractivity contribution in [3.8, 4) is 11.1 Å². The Kier molecular flexibility index (Phi) is 6.54. The third-order valence-electron chi connectivity index (χ3n) is 4.85. The Morgan fingerprint density at radius 1 is 1.26 bits per heavy atom. The Morgan fingerprint density at radius 2 is 2.07 bits per heavy atom. The number of aromatic nitrogens is 1. The monoisotopic (exact) mass is 367 g/mol. The number of methoxy groups -OCH3 is 1. The normalized spacial score (nSPS) is 17.7. The van der Waals surface area contributed by atoms with Gasteiger partial charge in [0.1, 0.15) is 0 Å². The molecule has 1 amide bonds. The summed E-state index contributed by atoms with van der Waals surface area (Å²) < 4.78 is 4.82. The number of pyridine rings is 1. The summed E-state index contributed by atoms with van der Waals surface area (Å²) in [7, 11) is 1.35. The maximum Gasteiger partial charge on any atom is 0.307 e. The van der Waals surface area contributed by atoms with Crippen LogP contribution in [0.25, 0.3) is 11.1 Å². The number of hydrogen-bond acceptors (Lipinski definition) is 5. The number of piperidine rings is 1. The van der Waals surface area contributed by atoms with Gasteiger partial charge in [-0.25, -0.2) is 0 Å². The lowest BCUT2D eigenvalue weighted by molar-refractivity contribution is -0.141. The average molecular weight is 367 g/mol. The fraction of sp³-hybridized carbons (Fsp3) is 0.381. The Bertz CT molecular complexity index is 773. The van der Waals surface area contributed by atoms with E-state index in [0.717, 1.165) is 36.1 Å². The molecule has 0 bridgehead atoms. The van der Waals surface area contributed by atoms with Crippen LogP contribution < -0.4 is 10.6 Å². The number of ether oxygens (including phenoxy) is 1. The van der Waals surface area contributed by atoms with Gasteiger partial charge in [0, 0.05) is 24.5 Å². The van der Waals surface area contributed by atoms with Crippen LogP contribution in [0.5, 0.6) is 0 Å². The van der Waals surface area contributed by atoms with Gasteiger partial charge in [0.05, 0.1) is 25.5 Å². The number of nitrogens with one attached hydrogen (secondary N) is 2. The van der Waals surface area contributed by atoms with Crippen LogP contribution in [0.15, 0.2) is 48.8 Å². The van der Waals surface area contributed by atoms with E-state index in [0.29, 0.717) is 6.54 Å². The van der Waals surface area contributed by atoms with Crippen LogP contribution in [-0.2, 0) is 14.3 Å². The number of carbonyl (C=O) groups is 2. The van der Waals surface area contributed by atoms with Crippen molar-refractivity contribution in [2.45, 2.75) is 25.3 Å². The van der Waals surface area contributed by atoms with Crippen LogP contribution in [0.1, 0.15) is 30.9 Å². The van der Waals surface area contributed by atoms with E-state index in [4.69, 9.17) is 4.74 Å². The van der Waals surface area contributed by atoms with Gasteiger partial charge in [0.15, 0.2) is 0 Å². The smallest absolute Gasteiger partial charge is 0.307 e. The zero-order chi connectivity index (χ0) is 19.1. The number of hydrogen-bond donors (Lipinski definition) is 2. The molecule has 2 N–H and O–H groups in total. The first-order valence-electron chi connectivity index (χ1n) is 9.25. The maximum atomic E-state index is 12.7. The highest BCUT2D eigenvalue weighted by Crippen LogP contribution is 2.24. The van der Waals surface area contributed by atoms with E-state index < -0.39 is 6.04 Å². The molecule has 1 aliphatic heterocycles. The SMILES string of the molecule is COC(=O)C[C@H](NC(=O)[C@@H]1CCCNC1)c1cncc(-c2ccccc2)c1. The van der Waals surface area contributed by atoms with Crippen LogP contribution >= 0.6 is 0 Å². The third-order valence-corrected chi connectivity index (χ3v) is 4.85. The predicted molar refractivity (Wildman–Crippen MR) is 103 cm³/mol. The van der Waals surface area contributed by atoms with Crippen molar-refractivity contribution < 1.29 is 14.3 Å². The average Bonchev–Trinajstić information content (AvgIpc) is 2.74. The van der Waals surface area contributed by atoms with E-state index in [2.05, 4.69) is 15.6 Å². The number of carbonyl (C=O) groups excluding carboxylic acids is 2. The first kappa shape index (κ1) is 19.0. The number of benzene rings is 1. The molecule has 1 fully saturated rings. The van der Waals surface area contributed by atoms with Gasteiger partial charge < -0.3 is 15.4 Å².